The molecule has 0 spiro atoms. The first-order chi connectivity index (χ1) is 15.2. The van der Waals surface area contributed by atoms with Crippen molar-refractivity contribution in [2.75, 3.05) is 12.5 Å². The number of nitrogens with two attached hydrogens (primary N) is 1. The van der Waals surface area contributed by atoms with Crippen LogP contribution >= 0.6 is 12.6 Å². The van der Waals surface area contributed by atoms with Crippen LogP contribution in [0, 0.1) is 0 Å². The second-order valence-electron chi connectivity index (χ2n) is 7.13. The van der Waals surface area contributed by atoms with Crippen LogP contribution in [0.4, 0.5) is 5.95 Å². The van der Waals surface area contributed by atoms with Gasteiger partial charge in [-0.15, -0.1) is 17.7 Å². The van der Waals surface area contributed by atoms with E-state index in [9.17, 15) is 0 Å². The summed E-state index contributed by atoms with van der Waals surface area (Å²) in [6, 6.07) is 7.52. The van der Waals surface area contributed by atoms with Gasteiger partial charge >= 0.3 is 0 Å². The number of aryl methyl sites for hydroxylation is 2. The van der Waals surface area contributed by atoms with Crippen LogP contribution in [0.3, 0.4) is 0 Å². The van der Waals surface area contributed by atoms with E-state index in [1.54, 1.807) is 24.6 Å². The normalized spacial score (nSPS) is 12.9. The highest BCUT2D eigenvalue weighted by Gasteiger charge is 2.20. The van der Waals surface area contributed by atoms with Crippen LogP contribution in [-0.2, 0) is 13.0 Å². The number of ether oxygens (including phenoxy) is 2. The standard InChI is InChI=1S/C20H17N7O3S/c21-20-24-18-12(19-23-17(25-27(19)20)14-4-2-8-28-14)9-22-26(18)7-1-3-11-5-6-13-15(16(11)31)30-10-29-13/h2,4-6,8-9,31H,1,3,7,10H2,(H2,21,24). The Kier molecular flexibility index (Phi) is 4.03. The molecule has 156 valence electrons. The average Bonchev–Trinajstić information content (AvgIpc) is 3.55. The zero-order chi connectivity index (χ0) is 20.9. The van der Waals surface area contributed by atoms with Gasteiger partial charge in [0.25, 0.3) is 0 Å². The summed E-state index contributed by atoms with van der Waals surface area (Å²) in [5.74, 6) is 2.69. The molecule has 1 aliphatic rings. The minimum atomic E-state index is 0.234. The SMILES string of the molecule is Nc1nc2c(cnn2CCCc2ccc3c(c2S)OCO3)c2nc(-c3ccco3)nn12. The van der Waals surface area contributed by atoms with Gasteiger partial charge in [0.15, 0.2) is 28.6 Å². The minimum absolute atomic E-state index is 0.234. The monoisotopic (exact) mass is 435 g/mol. The number of rotatable bonds is 5. The number of aromatic nitrogens is 6. The number of anilines is 1. The number of benzene rings is 1. The number of hydrogen-bond donors (Lipinski definition) is 2. The summed E-state index contributed by atoms with van der Waals surface area (Å²) in [5, 5.41) is 9.69. The summed E-state index contributed by atoms with van der Waals surface area (Å²) in [6.07, 6.45) is 4.96. The van der Waals surface area contributed by atoms with Crippen LogP contribution in [-0.4, -0.2) is 36.2 Å². The number of hydrogen-bond acceptors (Lipinski definition) is 9. The predicted molar refractivity (Wildman–Crippen MR) is 114 cm³/mol. The highest BCUT2D eigenvalue weighted by Crippen LogP contribution is 2.40. The Balaban J connectivity index is 1.28. The smallest absolute Gasteiger partial charge is 0.231 e. The molecule has 0 saturated carbocycles. The molecule has 31 heavy (non-hydrogen) atoms. The van der Waals surface area contributed by atoms with Crippen molar-refractivity contribution < 1.29 is 13.9 Å². The molecule has 0 amide bonds. The topological polar surface area (TPSA) is 119 Å². The molecule has 0 atom stereocenters. The van der Waals surface area contributed by atoms with Gasteiger partial charge in [-0.3, -0.25) is 0 Å². The lowest BCUT2D eigenvalue weighted by Crippen LogP contribution is -2.07. The molecule has 5 heterocycles. The lowest BCUT2D eigenvalue weighted by atomic mass is 10.1. The molecule has 2 N–H and O–H groups in total. The van der Waals surface area contributed by atoms with Gasteiger partial charge in [0.1, 0.15) is 0 Å². The lowest BCUT2D eigenvalue weighted by molar-refractivity contribution is 0.172. The predicted octanol–water partition coefficient (Wildman–Crippen LogP) is 2.97. The van der Waals surface area contributed by atoms with Crippen molar-refractivity contribution in [3.63, 3.8) is 0 Å². The third-order valence-corrected chi connectivity index (χ3v) is 5.74. The Morgan fingerprint density at radius 3 is 2.94 bits per heavy atom. The molecule has 0 saturated heterocycles. The summed E-state index contributed by atoms with van der Waals surface area (Å²) in [4.78, 5) is 9.90. The minimum Gasteiger partial charge on any atom is -0.461 e. The summed E-state index contributed by atoms with van der Waals surface area (Å²) < 4.78 is 19.6. The Morgan fingerprint density at radius 2 is 2.06 bits per heavy atom. The van der Waals surface area contributed by atoms with E-state index in [4.69, 9.17) is 19.6 Å². The van der Waals surface area contributed by atoms with E-state index in [0.29, 0.717) is 35.2 Å². The van der Waals surface area contributed by atoms with Crippen molar-refractivity contribution in [2.24, 2.45) is 0 Å². The Labute approximate surface area is 181 Å². The van der Waals surface area contributed by atoms with Crippen LogP contribution in [0.25, 0.3) is 28.3 Å². The molecule has 11 heteroatoms. The van der Waals surface area contributed by atoms with E-state index >= 15 is 0 Å². The fourth-order valence-corrected chi connectivity index (χ4v) is 4.11. The molecule has 1 aliphatic heterocycles. The number of fused-ring (bicyclic) bond motifs is 4. The maximum absolute atomic E-state index is 6.15. The third kappa shape index (κ3) is 2.88. The molecular weight excluding hydrogens is 418 g/mol. The highest BCUT2D eigenvalue weighted by molar-refractivity contribution is 7.80. The summed E-state index contributed by atoms with van der Waals surface area (Å²) in [6.45, 7) is 0.893. The average molecular weight is 435 g/mol. The van der Waals surface area contributed by atoms with Gasteiger partial charge in [-0.1, -0.05) is 6.07 Å². The Hall–Kier alpha value is -3.73. The zero-order valence-electron chi connectivity index (χ0n) is 16.2. The molecule has 6 rings (SSSR count). The number of furan rings is 1. The molecule has 0 aliphatic carbocycles. The maximum Gasteiger partial charge on any atom is 0.231 e. The van der Waals surface area contributed by atoms with Gasteiger partial charge in [0.05, 0.1) is 22.7 Å². The molecule has 4 aromatic heterocycles. The van der Waals surface area contributed by atoms with Crippen LogP contribution < -0.4 is 15.2 Å². The van der Waals surface area contributed by atoms with Crippen molar-refractivity contribution >= 4 is 35.3 Å². The van der Waals surface area contributed by atoms with Crippen LogP contribution in [0.15, 0.2) is 46.0 Å². The molecule has 0 radical (unpaired) electrons. The van der Waals surface area contributed by atoms with Gasteiger partial charge in [0, 0.05) is 6.54 Å². The summed E-state index contributed by atoms with van der Waals surface area (Å²) in [5.41, 5.74) is 8.51. The van der Waals surface area contributed by atoms with E-state index in [1.165, 1.54) is 4.52 Å². The number of nitrogens with zero attached hydrogens (tertiary/aromatic N) is 6. The molecular formula is C20H17N7O3S. The van der Waals surface area contributed by atoms with E-state index in [-0.39, 0.29) is 12.7 Å². The summed E-state index contributed by atoms with van der Waals surface area (Å²) in [7, 11) is 0. The molecule has 10 nitrogen and oxygen atoms in total. The van der Waals surface area contributed by atoms with Crippen LogP contribution in [0.5, 0.6) is 11.5 Å². The van der Waals surface area contributed by atoms with E-state index < -0.39 is 0 Å². The first-order valence-electron chi connectivity index (χ1n) is 9.71. The van der Waals surface area contributed by atoms with Crippen LogP contribution in [0.2, 0.25) is 0 Å². The van der Waals surface area contributed by atoms with Gasteiger partial charge in [-0.25, -0.2) is 9.67 Å². The maximum atomic E-state index is 6.15. The van der Waals surface area contributed by atoms with Crippen molar-refractivity contribution in [2.45, 2.75) is 24.3 Å². The molecule has 0 bridgehead atoms. The quantitative estimate of drug-likeness (QED) is 0.405. The molecule has 0 unspecified atom stereocenters. The van der Waals surface area contributed by atoms with Gasteiger partial charge in [0.2, 0.25) is 18.6 Å². The highest BCUT2D eigenvalue weighted by atomic mass is 32.1. The van der Waals surface area contributed by atoms with Crippen molar-refractivity contribution in [3.8, 4) is 23.1 Å². The fourth-order valence-electron chi connectivity index (χ4n) is 3.75. The van der Waals surface area contributed by atoms with Crippen molar-refractivity contribution in [1.29, 1.82) is 0 Å². The van der Waals surface area contributed by atoms with Gasteiger partial charge in [-0.05, 0) is 36.6 Å². The summed E-state index contributed by atoms with van der Waals surface area (Å²) >= 11 is 4.61. The molecule has 5 aromatic rings. The van der Waals surface area contributed by atoms with Crippen LogP contribution in [0.1, 0.15) is 12.0 Å². The first-order valence-corrected chi connectivity index (χ1v) is 10.2. The molecule has 1 aromatic carbocycles. The zero-order valence-corrected chi connectivity index (χ0v) is 17.1. The Morgan fingerprint density at radius 1 is 1.13 bits per heavy atom. The second-order valence-corrected chi connectivity index (χ2v) is 7.58. The van der Waals surface area contributed by atoms with Crippen molar-refractivity contribution in [1.82, 2.24) is 29.4 Å². The van der Waals surface area contributed by atoms with E-state index in [1.807, 2.05) is 16.8 Å². The van der Waals surface area contributed by atoms with E-state index in [0.717, 1.165) is 34.4 Å². The van der Waals surface area contributed by atoms with Gasteiger partial charge in [-0.2, -0.15) is 14.6 Å². The second kappa shape index (κ2) is 6.91. The van der Waals surface area contributed by atoms with Crippen molar-refractivity contribution in [3.05, 3.63) is 42.3 Å². The van der Waals surface area contributed by atoms with E-state index in [2.05, 4.69) is 32.8 Å². The largest absolute Gasteiger partial charge is 0.461 e. The third-order valence-electron chi connectivity index (χ3n) is 5.25. The number of nitrogen functional groups attached to an aromatic ring is 1. The fraction of sp³-hybridized carbons (Fsp3) is 0.200. The molecule has 0 fully saturated rings. The first kappa shape index (κ1) is 18.1. The van der Waals surface area contributed by atoms with Gasteiger partial charge < -0.3 is 19.6 Å². The Bertz CT molecular complexity index is 1420. The number of thiol groups is 1. The lowest BCUT2D eigenvalue weighted by Gasteiger charge is -2.08.